The third-order valence-corrected chi connectivity index (χ3v) is 5.03. The first-order valence-corrected chi connectivity index (χ1v) is 9.96. The van der Waals surface area contributed by atoms with Crippen LogP contribution in [-0.2, 0) is 16.0 Å². The predicted molar refractivity (Wildman–Crippen MR) is 105 cm³/mol. The molecule has 0 spiro atoms. The molecule has 1 aliphatic heterocycles. The van der Waals surface area contributed by atoms with Crippen LogP contribution in [0.25, 0.3) is 0 Å². The molecule has 0 aromatic heterocycles. The number of carbonyl (C=O) groups excluding carboxylic acids is 2. The number of carbonyl (C=O) groups is 2. The highest BCUT2D eigenvalue weighted by Crippen LogP contribution is 2.18. The summed E-state index contributed by atoms with van der Waals surface area (Å²) in [4.78, 5) is 27.2. The number of piperidine rings is 1. The van der Waals surface area contributed by atoms with Crippen LogP contribution in [-0.4, -0.2) is 48.9 Å². The van der Waals surface area contributed by atoms with Crippen molar-refractivity contribution >= 4 is 11.8 Å². The summed E-state index contributed by atoms with van der Waals surface area (Å²) in [6.07, 6.45) is 3.96. The molecule has 2 rings (SSSR count). The number of likely N-dealkylation sites (tertiary alicyclic amines) is 1. The first kappa shape index (κ1) is 20.4. The summed E-state index contributed by atoms with van der Waals surface area (Å²) in [7, 11) is 0. The van der Waals surface area contributed by atoms with Crippen LogP contribution in [0.4, 0.5) is 0 Å². The van der Waals surface area contributed by atoms with Gasteiger partial charge in [0.05, 0.1) is 6.42 Å². The molecule has 1 saturated heterocycles. The van der Waals surface area contributed by atoms with Gasteiger partial charge >= 0.3 is 0 Å². The second kappa shape index (κ2) is 11.0. The Labute approximate surface area is 157 Å². The molecule has 26 heavy (non-hydrogen) atoms. The van der Waals surface area contributed by atoms with Crippen molar-refractivity contribution in [1.82, 2.24) is 15.5 Å². The Balaban J connectivity index is 1.86. The Hall–Kier alpha value is -1.88. The van der Waals surface area contributed by atoms with Crippen molar-refractivity contribution in [2.24, 2.45) is 5.92 Å². The Morgan fingerprint density at radius 2 is 1.85 bits per heavy atom. The SMILES string of the molecule is CCCC(NC(=O)Cc1ccccc1)C(=O)N1CCC(CNCC)CC1. The maximum absolute atomic E-state index is 12.9. The highest BCUT2D eigenvalue weighted by molar-refractivity contribution is 5.88. The molecule has 0 aliphatic carbocycles. The van der Waals surface area contributed by atoms with Crippen LogP contribution in [0.3, 0.4) is 0 Å². The van der Waals surface area contributed by atoms with E-state index in [1.54, 1.807) is 0 Å². The molecule has 5 heteroatoms. The molecule has 5 nitrogen and oxygen atoms in total. The van der Waals surface area contributed by atoms with Crippen molar-refractivity contribution in [2.75, 3.05) is 26.2 Å². The van der Waals surface area contributed by atoms with E-state index in [0.717, 1.165) is 51.0 Å². The number of nitrogens with zero attached hydrogens (tertiary/aromatic N) is 1. The van der Waals surface area contributed by atoms with Crippen LogP contribution in [0.5, 0.6) is 0 Å². The minimum absolute atomic E-state index is 0.0787. The van der Waals surface area contributed by atoms with Crippen molar-refractivity contribution in [3.8, 4) is 0 Å². The largest absolute Gasteiger partial charge is 0.344 e. The Kier molecular flexibility index (Phi) is 8.62. The standard InChI is InChI=1S/C21H33N3O2/c1-3-8-19(23-20(25)15-17-9-6-5-7-10-17)21(26)24-13-11-18(12-14-24)16-22-4-2/h5-7,9-10,18-19,22H,3-4,8,11-16H2,1-2H3,(H,23,25). The molecule has 144 valence electrons. The lowest BCUT2D eigenvalue weighted by molar-refractivity contribution is -0.137. The number of amides is 2. The smallest absolute Gasteiger partial charge is 0.245 e. The minimum Gasteiger partial charge on any atom is -0.344 e. The molecule has 1 unspecified atom stereocenters. The number of benzene rings is 1. The number of nitrogens with one attached hydrogen (secondary N) is 2. The van der Waals surface area contributed by atoms with Gasteiger partial charge in [0.1, 0.15) is 6.04 Å². The topological polar surface area (TPSA) is 61.4 Å². The molecule has 1 aliphatic rings. The molecule has 1 aromatic carbocycles. The van der Waals surface area contributed by atoms with Gasteiger partial charge in [0, 0.05) is 13.1 Å². The van der Waals surface area contributed by atoms with Crippen molar-refractivity contribution in [3.63, 3.8) is 0 Å². The maximum Gasteiger partial charge on any atom is 0.245 e. The fourth-order valence-electron chi connectivity index (χ4n) is 3.50. The zero-order chi connectivity index (χ0) is 18.8. The van der Waals surface area contributed by atoms with E-state index in [1.165, 1.54) is 0 Å². The maximum atomic E-state index is 12.9. The summed E-state index contributed by atoms with van der Waals surface area (Å²) in [6.45, 7) is 7.78. The van der Waals surface area contributed by atoms with Crippen LogP contribution in [0.1, 0.15) is 45.1 Å². The molecule has 2 N–H and O–H groups in total. The first-order valence-electron chi connectivity index (χ1n) is 9.96. The van der Waals surface area contributed by atoms with Gasteiger partial charge in [-0.3, -0.25) is 9.59 Å². The number of rotatable bonds is 9. The van der Waals surface area contributed by atoms with Gasteiger partial charge in [-0.1, -0.05) is 50.6 Å². The Bertz CT molecular complexity index is 554. The second-order valence-corrected chi connectivity index (χ2v) is 7.15. The van der Waals surface area contributed by atoms with Gasteiger partial charge in [-0.2, -0.15) is 0 Å². The Morgan fingerprint density at radius 3 is 2.46 bits per heavy atom. The van der Waals surface area contributed by atoms with E-state index in [-0.39, 0.29) is 11.8 Å². The van der Waals surface area contributed by atoms with Crippen LogP contribution in [0.15, 0.2) is 30.3 Å². The second-order valence-electron chi connectivity index (χ2n) is 7.15. The summed E-state index contributed by atoms with van der Waals surface area (Å²) < 4.78 is 0. The zero-order valence-electron chi connectivity index (χ0n) is 16.2. The average molecular weight is 360 g/mol. The van der Waals surface area contributed by atoms with Gasteiger partial charge < -0.3 is 15.5 Å². The predicted octanol–water partition coefficient (Wildman–Crippen LogP) is 2.36. The third-order valence-electron chi connectivity index (χ3n) is 5.03. The van der Waals surface area contributed by atoms with Gasteiger partial charge in [-0.15, -0.1) is 0 Å². The van der Waals surface area contributed by atoms with Gasteiger partial charge in [0.25, 0.3) is 0 Å². The highest BCUT2D eigenvalue weighted by Gasteiger charge is 2.28. The lowest BCUT2D eigenvalue weighted by atomic mass is 9.96. The molecule has 1 fully saturated rings. The quantitative estimate of drug-likeness (QED) is 0.711. The molecule has 0 radical (unpaired) electrons. The third kappa shape index (κ3) is 6.45. The van der Waals surface area contributed by atoms with Crippen molar-refractivity contribution in [3.05, 3.63) is 35.9 Å². The molecule has 1 aromatic rings. The van der Waals surface area contributed by atoms with Crippen molar-refractivity contribution in [1.29, 1.82) is 0 Å². The van der Waals surface area contributed by atoms with Crippen LogP contribution in [0, 0.1) is 5.92 Å². The molecule has 1 atom stereocenters. The van der Waals surface area contributed by atoms with E-state index in [9.17, 15) is 9.59 Å². The average Bonchev–Trinajstić information content (AvgIpc) is 2.66. The first-order chi connectivity index (χ1) is 12.6. The van der Waals surface area contributed by atoms with E-state index in [1.807, 2.05) is 42.2 Å². The zero-order valence-corrected chi connectivity index (χ0v) is 16.2. The van der Waals surface area contributed by atoms with Gasteiger partial charge in [-0.25, -0.2) is 0 Å². The summed E-state index contributed by atoms with van der Waals surface area (Å²) >= 11 is 0. The lowest BCUT2D eigenvalue weighted by Crippen LogP contribution is -2.51. The number of hydrogen-bond acceptors (Lipinski definition) is 3. The van der Waals surface area contributed by atoms with Crippen molar-refractivity contribution < 1.29 is 9.59 Å². The summed E-state index contributed by atoms with van der Waals surface area (Å²) in [5.74, 6) is 0.650. The van der Waals surface area contributed by atoms with E-state index in [0.29, 0.717) is 18.8 Å². The number of hydrogen-bond donors (Lipinski definition) is 2. The molecular weight excluding hydrogens is 326 g/mol. The summed E-state index contributed by atoms with van der Waals surface area (Å²) in [5.41, 5.74) is 0.969. The monoisotopic (exact) mass is 359 g/mol. The van der Waals surface area contributed by atoms with Crippen molar-refractivity contribution in [2.45, 2.75) is 52.0 Å². The van der Waals surface area contributed by atoms with Crippen LogP contribution >= 0.6 is 0 Å². The van der Waals surface area contributed by atoms with Gasteiger partial charge in [0.2, 0.25) is 11.8 Å². The van der Waals surface area contributed by atoms with Gasteiger partial charge in [0.15, 0.2) is 0 Å². The van der Waals surface area contributed by atoms with E-state index >= 15 is 0 Å². The van der Waals surface area contributed by atoms with E-state index < -0.39 is 6.04 Å². The lowest BCUT2D eigenvalue weighted by Gasteiger charge is -2.34. The fourth-order valence-corrected chi connectivity index (χ4v) is 3.50. The molecule has 1 heterocycles. The van der Waals surface area contributed by atoms with Crippen LogP contribution in [0.2, 0.25) is 0 Å². The van der Waals surface area contributed by atoms with E-state index in [2.05, 4.69) is 17.6 Å². The summed E-state index contributed by atoms with van der Waals surface area (Å²) in [6, 6.07) is 9.26. The molecule has 0 saturated carbocycles. The highest BCUT2D eigenvalue weighted by atomic mass is 16.2. The molecule has 2 amide bonds. The Morgan fingerprint density at radius 1 is 1.15 bits per heavy atom. The molecular formula is C21H33N3O2. The molecule has 0 bridgehead atoms. The van der Waals surface area contributed by atoms with Crippen LogP contribution < -0.4 is 10.6 Å². The van der Waals surface area contributed by atoms with Gasteiger partial charge in [-0.05, 0) is 43.8 Å². The fraction of sp³-hybridized carbons (Fsp3) is 0.619. The normalized spacial score (nSPS) is 16.3. The summed E-state index contributed by atoms with van der Waals surface area (Å²) in [5, 5.41) is 6.36. The van der Waals surface area contributed by atoms with E-state index in [4.69, 9.17) is 0 Å². The minimum atomic E-state index is -0.401.